The zero-order valence-electron chi connectivity index (χ0n) is 11.4. The lowest BCUT2D eigenvalue weighted by atomic mass is 10.3. The molecule has 1 aromatic carbocycles. The van der Waals surface area contributed by atoms with Gasteiger partial charge in [0, 0.05) is 17.5 Å². The maximum absolute atomic E-state index is 11.8. The lowest BCUT2D eigenvalue weighted by molar-refractivity contribution is -0.120. The molecule has 2 atom stereocenters. The molecule has 1 unspecified atom stereocenters. The average Bonchev–Trinajstić information content (AvgIpc) is 2.39. The molecule has 0 aliphatic carbocycles. The highest BCUT2D eigenvalue weighted by Crippen LogP contribution is 2.25. The van der Waals surface area contributed by atoms with E-state index in [1.165, 1.54) is 11.8 Å². The number of halogens is 1. The summed E-state index contributed by atoms with van der Waals surface area (Å²) >= 11 is 1.51. The molecule has 19 heavy (non-hydrogen) atoms. The molecule has 0 saturated carbocycles. The lowest BCUT2D eigenvalue weighted by Crippen LogP contribution is -2.41. The molecular formula is C13H21ClN2O2S. The van der Waals surface area contributed by atoms with Gasteiger partial charge in [-0.3, -0.25) is 4.79 Å². The van der Waals surface area contributed by atoms with E-state index in [0.29, 0.717) is 6.54 Å². The molecule has 0 radical (unpaired) electrons. The van der Waals surface area contributed by atoms with E-state index in [1.54, 1.807) is 7.11 Å². The van der Waals surface area contributed by atoms with Gasteiger partial charge in [0.1, 0.15) is 5.75 Å². The maximum atomic E-state index is 11.8. The first-order valence-corrected chi connectivity index (χ1v) is 6.76. The molecule has 108 valence electrons. The molecule has 0 bridgehead atoms. The Morgan fingerprint density at radius 3 is 2.42 bits per heavy atom. The van der Waals surface area contributed by atoms with Gasteiger partial charge in [-0.2, -0.15) is 0 Å². The number of hydrogen-bond acceptors (Lipinski definition) is 4. The minimum absolute atomic E-state index is 0. The number of benzene rings is 1. The van der Waals surface area contributed by atoms with Crippen molar-refractivity contribution in [3.8, 4) is 5.75 Å². The van der Waals surface area contributed by atoms with E-state index >= 15 is 0 Å². The van der Waals surface area contributed by atoms with Crippen molar-refractivity contribution in [1.82, 2.24) is 5.32 Å². The van der Waals surface area contributed by atoms with Crippen LogP contribution in [0.15, 0.2) is 29.2 Å². The molecule has 0 saturated heterocycles. The number of nitrogens with one attached hydrogen (secondary N) is 1. The van der Waals surface area contributed by atoms with E-state index in [4.69, 9.17) is 10.5 Å². The second kappa shape index (κ2) is 9.07. The average molecular weight is 305 g/mol. The normalized spacial score (nSPS) is 13.1. The smallest absolute Gasteiger partial charge is 0.233 e. The van der Waals surface area contributed by atoms with Crippen molar-refractivity contribution in [3.63, 3.8) is 0 Å². The van der Waals surface area contributed by atoms with Gasteiger partial charge in [-0.1, -0.05) is 0 Å². The molecule has 6 heteroatoms. The summed E-state index contributed by atoms with van der Waals surface area (Å²) in [5.74, 6) is 0.821. The van der Waals surface area contributed by atoms with Crippen LogP contribution in [0, 0.1) is 0 Å². The molecule has 0 aliphatic rings. The molecule has 1 amide bonds. The fourth-order valence-corrected chi connectivity index (χ4v) is 2.21. The molecule has 1 aromatic rings. The minimum Gasteiger partial charge on any atom is -0.497 e. The predicted molar refractivity (Wildman–Crippen MR) is 82.2 cm³/mol. The maximum Gasteiger partial charge on any atom is 0.233 e. The third kappa shape index (κ3) is 6.18. The topological polar surface area (TPSA) is 64.3 Å². The van der Waals surface area contributed by atoms with Gasteiger partial charge in [-0.05, 0) is 38.1 Å². The Morgan fingerprint density at radius 1 is 1.37 bits per heavy atom. The number of ether oxygens (including phenoxy) is 1. The summed E-state index contributed by atoms with van der Waals surface area (Å²) in [6.07, 6.45) is 0. The summed E-state index contributed by atoms with van der Waals surface area (Å²) in [6.45, 7) is 4.22. The van der Waals surface area contributed by atoms with Crippen molar-refractivity contribution >= 4 is 30.1 Å². The zero-order chi connectivity index (χ0) is 13.5. The summed E-state index contributed by atoms with van der Waals surface area (Å²) < 4.78 is 5.09. The van der Waals surface area contributed by atoms with Crippen LogP contribution < -0.4 is 15.8 Å². The molecule has 0 spiro atoms. The number of rotatable bonds is 6. The van der Waals surface area contributed by atoms with Gasteiger partial charge in [0.25, 0.3) is 0 Å². The molecule has 3 N–H and O–H groups in total. The van der Waals surface area contributed by atoms with Gasteiger partial charge in [0.2, 0.25) is 5.91 Å². The summed E-state index contributed by atoms with van der Waals surface area (Å²) in [6, 6.07) is 7.67. The van der Waals surface area contributed by atoms with Gasteiger partial charge in [0.15, 0.2) is 0 Å². The molecular weight excluding hydrogens is 284 g/mol. The van der Waals surface area contributed by atoms with Crippen LogP contribution >= 0.6 is 24.2 Å². The number of methoxy groups -OCH3 is 1. The Morgan fingerprint density at radius 2 is 1.95 bits per heavy atom. The first kappa shape index (κ1) is 18.1. The highest BCUT2D eigenvalue weighted by Gasteiger charge is 2.15. The van der Waals surface area contributed by atoms with Crippen LogP contribution in [0.4, 0.5) is 0 Å². The van der Waals surface area contributed by atoms with Crippen LogP contribution in [0.5, 0.6) is 5.75 Å². The van der Waals surface area contributed by atoms with Crippen molar-refractivity contribution < 1.29 is 9.53 Å². The van der Waals surface area contributed by atoms with Crippen molar-refractivity contribution in [2.24, 2.45) is 5.73 Å². The molecule has 1 rings (SSSR count). The van der Waals surface area contributed by atoms with Gasteiger partial charge in [-0.25, -0.2) is 0 Å². The molecule has 0 heterocycles. The van der Waals surface area contributed by atoms with Crippen LogP contribution in [0.2, 0.25) is 0 Å². The van der Waals surface area contributed by atoms with Gasteiger partial charge >= 0.3 is 0 Å². The summed E-state index contributed by atoms with van der Waals surface area (Å²) in [5.41, 5.74) is 5.47. The third-order valence-electron chi connectivity index (χ3n) is 2.48. The van der Waals surface area contributed by atoms with Crippen molar-refractivity contribution in [2.75, 3.05) is 13.7 Å². The van der Waals surface area contributed by atoms with Gasteiger partial charge in [0.05, 0.1) is 12.4 Å². The number of carbonyl (C=O) groups is 1. The van der Waals surface area contributed by atoms with Crippen LogP contribution in [-0.4, -0.2) is 30.9 Å². The van der Waals surface area contributed by atoms with Crippen LogP contribution in [-0.2, 0) is 4.79 Å². The second-order valence-corrected chi connectivity index (χ2v) is 5.50. The SMILES string of the molecule is COc1ccc(SC(C)C(=O)N[C@@H](C)CN)cc1.Cl. The monoisotopic (exact) mass is 304 g/mol. The van der Waals surface area contributed by atoms with Crippen molar-refractivity contribution in [1.29, 1.82) is 0 Å². The highest BCUT2D eigenvalue weighted by molar-refractivity contribution is 8.00. The molecule has 4 nitrogen and oxygen atoms in total. The van der Waals surface area contributed by atoms with Crippen LogP contribution in [0.25, 0.3) is 0 Å². The molecule has 0 fully saturated rings. The second-order valence-electron chi connectivity index (χ2n) is 4.08. The minimum atomic E-state index is -0.146. The Labute approximate surface area is 124 Å². The number of amides is 1. The van der Waals surface area contributed by atoms with Gasteiger partial charge in [-0.15, -0.1) is 24.2 Å². The first-order valence-electron chi connectivity index (χ1n) is 5.88. The highest BCUT2D eigenvalue weighted by atomic mass is 35.5. The molecule has 0 aliphatic heterocycles. The summed E-state index contributed by atoms with van der Waals surface area (Å²) in [5, 5.41) is 2.72. The van der Waals surface area contributed by atoms with E-state index in [0.717, 1.165) is 10.6 Å². The fraction of sp³-hybridized carbons (Fsp3) is 0.462. The summed E-state index contributed by atoms with van der Waals surface area (Å²) in [7, 11) is 1.63. The van der Waals surface area contributed by atoms with E-state index in [1.807, 2.05) is 38.1 Å². The molecule has 0 aromatic heterocycles. The number of thioether (sulfide) groups is 1. The van der Waals surface area contributed by atoms with E-state index in [-0.39, 0.29) is 29.6 Å². The zero-order valence-corrected chi connectivity index (χ0v) is 13.0. The Balaban J connectivity index is 0.00000324. The Hall–Kier alpha value is -0.910. The van der Waals surface area contributed by atoms with Gasteiger partial charge < -0.3 is 15.8 Å². The fourth-order valence-electron chi connectivity index (χ4n) is 1.33. The first-order chi connectivity index (χ1) is 8.56. The number of carbonyl (C=O) groups excluding carboxylic acids is 1. The predicted octanol–water partition coefficient (Wildman–Crippen LogP) is 2.06. The largest absolute Gasteiger partial charge is 0.497 e. The van der Waals surface area contributed by atoms with E-state index in [9.17, 15) is 4.79 Å². The van der Waals surface area contributed by atoms with E-state index in [2.05, 4.69) is 5.32 Å². The van der Waals surface area contributed by atoms with Crippen molar-refractivity contribution in [2.45, 2.75) is 30.0 Å². The third-order valence-corrected chi connectivity index (χ3v) is 3.60. The van der Waals surface area contributed by atoms with E-state index < -0.39 is 0 Å². The quantitative estimate of drug-likeness (QED) is 0.790. The standard InChI is InChI=1S/C13H20N2O2S.ClH/c1-9(8-14)15-13(16)10(2)18-12-6-4-11(17-3)5-7-12;/h4-7,9-10H,8,14H2,1-3H3,(H,15,16);1H/t9-,10?;/m0./s1. The number of hydrogen-bond donors (Lipinski definition) is 2. The van der Waals surface area contributed by atoms with Crippen LogP contribution in [0.1, 0.15) is 13.8 Å². The van der Waals surface area contributed by atoms with Crippen LogP contribution in [0.3, 0.4) is 0 Å². The number of nitrogens with two attached hydrogens (primary N) is 1. The summed E-state index contributed by atoms with van der Waals surface area (Å²) in [4.78, 5) is 12.9. The Kier molecular flexibility index (Phi) is 8.63. The lowest BCUT2D eigenvalue weighted by Gasteiger charge is -2.16. The Bertz CT molecular complexity index is 387. The van der Waals surface area contributed by atoms with Crippen molar-refractivity contribution in [3.05, 3.63) is 24.3 Å².